The first-order chi connectivity index (χ1) is 7.28. The topological polar surface area (TPSA) is 23.8 Å². The first-order valence-corrected chi connectivity index (χ1v) is 4.51. The smallest absolute Gasteiger partial charge is 0.207 e. The lowest BCUT2D eigenvalue weighted by Gasteiger charge is -2.24. The van der Waals surface area contributed by atoms with Gasteiger partial charge in [0.05, 0.1) is 6.07 Å². The summed E-state index contributed by atoms with van der Waals surface area (Å²) < 4.78 is 50.3. The molecule has 0 aliphatic carbocycles. The Bertz CT molecular complexity index is 401. The van der Waals surface area contributed by atoms with Crippen LogP contribution in [0.15, 0.2) is 24.3 Å². The molecule has 1 rings (SSSR count). The van der Waals surface area contributed by atoms with Crippen molar-refractivity contribution in [2.24, 2.45) is 5.41 Å². The van der Waals surface area contributed by atoms with E-state index in [9.17, 15) is 17.6 Å². The van der Waals surface area contributed by atoms with Gasteiger partial charge in [0.2, 0.25) is 0 Å². The van der Waals surface area contributed by atoms with E-state index in [1.807, 2.05) is 0 Å². The van der Waals surface area contributed by atoms with E-state index >= 15 is 0 Å². The summed E-state index contributed by atoms with van der Waals surface area (Å²) in [5.74, 6) is -0.519. The maximum Gasteiger partial charge on any atom is 0.407 e. The largest absolute Gasteiger partial charge is 0.407 e. The van der Waals surface area contributed by atoms with Crippen LogP contribution in [0.4, 0.5) is 17.6 Å². The molecule has 0 N–H and O–H groups in total. The second kappa shape index (κ2) is 4.12. The third-order valence-electron chi connectivity index (χ3n) is 2.34. The normalized spacial score (nSPS) is 15.2. The lowest BCUT2D eigenvalue weighted by Crippen LogP contribution is -2.35. The lowest BCUT2D eigenvalue weighted by atomic mass is 9.84. The number of hydrogen-bond acceptors (Lipinski definition) is 1. The van der Waals surface area contributed by atoms with Crippen LogP contribution in [0.1, 0.15) is 12.5 Å². The van der Waals surface area contributed by atoms with E-state index in [-0.39, 0.29) is 5.56 Å². The first-order valence-electron chi connectivity index (χ1n) is 4.51. The van der Waals surface area contributed by atoms with E-state index in [1.54, 1.807) is 0 Å². The van der Waals surface area contributed by atoms with Gasteiger partial charge in [0.25, 0.3) is 0 Å². The van der Waals surface area contributed by atoms with Gasteiger partial charge >= 0.3 is 6.18 Å². The number of rotatable bonds is 2. The molecule has 1 unspecified atom stereocenters. The van der Waals surface area contributed by atoms with Crippen molar-refractivity contribution < 1.29 is 17.6 Å². The summed E-state index contributed by atoms with van der Waals surface area (Å²) in [5, 5.41) is 8.59. The average molecular weight is 231 g/mol. The Balaban J connectivity index is 2.95. The fraction of sp³-hybridized carbons (Fsp3) is 0.364. The molecule has 0 fully saturated rings. The Morgan fingerprint density at radius 3 is 2.06 bits per heavy atom. The van der Waals surface area contributed by atoms with Crippen molar-refractivity contribution in [2.45, 2.75) is 19.5 Å². The minimum Gasteiger partial charge on any atom is -0.207 e. The van der Waals surface area contributed by atoms with Gasteiger partial charge < -0.3 is 0 Å². The summed E-state index contributed by atoms with van der Waals surface area (Å²) in [7, 11) is 0. The van der Waals surface area contributed by atoms with Crippen LogP contribution in [0.25, 0.3) is 0 Å². The molecule has 5 heteroatoms. The zero-order chi connectivity index (χ0) is 12.4. The van der Waals surface area contributed by atoms with Gasteiger partial charge in [-0.05, 0) is 31.0 Å². The molecule has 0 saturated carbocycles. The highest BCUT2D eigenvalue weighted by atomic mass is 19.4. The molecule has 0 saturated heterocycles. The van der Waals surface area contributed by atoms with Crippen molar-refractivity contribution >= 4 is 0 Å². The second-order valence-corrected chi connectivity index (χ2v) is 3.74. The second-order valence-electron chi connectivity index (χ2n) is 3.74. The molecular formula is C11H9F4N. The average Bonchev–Trinajstić information content (AvgIpc) is 2.19. The van der Waals surface area contributed by atoms with Crippen LogP contribution in [0, 0.1) is 22.6 Å². The van der Waals surface area contributed by atoms with E-state index in [0.717, 1.165) is 19.1 Å². The molecule has 0 aliphatic rings. The molecular weight excluding hydrogens is 222 g/mol. The fourth-order valence-corrected chi connectivity index (χ4v) is 1.21. The van der Waals surface area contributed by atoms with Gasteiger partial charge in [-0.25, -0.2) is 4.39 Å². The van der Waals surface area contributed by atoms with Gasteiger partial charge in [-0.15, -0.1) is 0 Å². The molecule has 1 atom stereocenters. The fourth-order valence-electron chi connectivity index (χ4n) is 1.21. The standard InChI is InChI=1S/C11H9F4N/c1-10(7-16,11(13,14)15)6-8-2-4-9(12)5-3-8/h2-5H,6H2,1H3. The Kier molecular flexibility index (Phi) is 3.22. The zero-order valence-electron chi connectivity index (χ0n) is 8.48. The summed E-state index contributed by atoms with van der Waals surface area (Å²) in [6.45, 7) is 0.830. The van der Waals surface area contributed by atoms with Crippen molar-refractivity contribution in [1.82, 2.24) is 0 Å². The summed E-state index contributed by atoms with van der Waals surface area (Å²) in [6, 6.07) is 5.90. The number of hydrogen-bond donors (Lipinski definition) is 0. The first kappa shape index (κ1) is 12.5. The highest BCUT2D eigenvalue weighted by Crippen LogP contribution is 2.40. The zero-order valence-corrected chi connectivity index (χ0v) is 8.48. The number of alkyl halides is 3. The number of nitrogens with zero attached hydrogens (tertiary/aromatic N) is 1. The molecule has 0 aromatic heterocycles. The van der Waals surface area contributed by atoms with Gasteiger partial charge in [0.1, 0.15) is 5.82 Å². The predicted octanol–water partition coefficient (Wildman–Crippen LogP) is 3.46. The molecule has 86 valence electrons. The molecule has 1 nitrogen and oxygen atoms in total. The van der Waals surface area contributed by atoms with Crippen LogP contribution in [-0.4, -0.2) is 6.18 Å². The molecule has 0 spiro atoms. The SMILES string of the molecule is CC(C#N)(Cc1ccc(F)cc1)C(F)(F)F. The monoisotopic (exact) mass is 231 g/mol. The molecule has 16 heavy (non-hydrogen) atoms. The summed E-state index contributed by atoms with van der Waals surface area (Å²) in [6.07, 6.45) is -5.08. The van der Waals surface area contributed by atoms with Crippen molar-refractivity contribution in [3.8, 4) is 6.07 Å². The van der Waals surface area contributed by atoms with Gasteiger partial charge in [0, 0.05) is 0 Å². The molecule has 1 aromatic carbocycles. The van der Waals surface area contributed by atoms with Gasteiger partial charge in [0.15, 0.2) is 5.41 Å². The molecule has 0 bridgehead atoms. The van der Waals surface area contributed by atoms with E-state index in [4.69, 9.17) is 5.26 Å². The maximum atomic E-state index is 12.6. The van der Waals surface area contributed by atoms with Crippen molar-refractivity contribution in [3.63, 3.8) is 0 Å². The Labute approximate surface area is 90.3 Å². The minimum atomic E-state index is -4.60. The van der Waals surface area contributed by atoms with Gasteiger partial charge in [-0.1, -0.05) is 12.1 Å². The van der Waals surface area contributed by atoms with E-state index in [0.29, 0.717) is 0 Å². The van der Waals surface area contributed by atoms with Crippen LogP contribution in [0.3, 0.4) is 0 Å². The van der Waals surface area contributed by atoms with Crippen LogP contribution in [0.2, 0.25) is 0 Å². The lowest BCUT2D eigenvalue weighted by molar-refractivity contribution is -0.196. The summed E-state index contributed by atoms with van der Waals surface area (Å²) in [5.41, 5.74) is -2.16. The minimum absolute atomic E-state index is 0.280. The maximum absolute atomic E-state index is 12.6. The number of halogens is 4. The van der Waals surface area contributed by atoms with Crippen LogP contribution in [0.5, 0.6) is 0 Å². The van der Waals surface area contributed by atoms with Crippen molar-refractivity contribution in [2.75, 3.05) is 0 Å². The van der Waals surface area contributed by atoms with E-state index in [1.165, 1.54) is 18.2 Å². The quantitative estimate of drug-likeness (QED) is 0.715. The third-order valence-corrected chi connectivity index (χ3v) is 2.34. The van der Waals surface area contributed by atoms with Crippen molar-refractivity contribution in [3.05, 3.63) is 35.6 Å². The Morgan fingerprint density at radius 2 is 1.69 bits per heavy atom. The third kappa shape index (κ3) is 2.51. The van der Waals surface area contributed by atoms with Crippen molar-refractivity contribution in [1.29, 1.82) is 5.26 Å². The summed E-state index contributed by atoms with van der Waals surface area (Å²) in [4.78, 5) is 0. The van der Waals surface area contributed by atoms with E-state index < -0.39 is 23.8 Å². The molecule has 0 heterocycles. The Morgan fingerprint density at radius 1 is 1.19 bits per heavy atom. The molecule has 1 aromatic rings. The number of benzene rings is 1. The molecule has 0 radical (unpaired) electrons. The van der Waals surface area contributed by atoms with Gasteiger partial charge in [-0.3, -0.25) is 0 Å². The van der Waals surface area contributed by atoms with Crippen LogP contribution in [-0.2, 0) is 6.42 Å². The number of nitriles is 1. The molecule has 0 amide bonds. The predicted molar refractivity (Wildman–Crippen MR) is 49.9 cm³/mol. The highest BCUT2D eigenvalue weighted by Gasteiger charge is 2.51. The summed E-state index contributed by atoms with van der Waals surface area (Å²) >= 11 is 0. The van der Waals surface area contributed by atoms with Crippen LogP contribution >= 0.6 is 0 Å². The Hall–Kier alpha value is -1.57. The molecule has 0 aliphatic heterocycles. The van der Waals surface area contributed by atoms with Gasteiger partial charge in [-0.2, -0.15) is 18.4 Å². The van der Waals surface area contributed by atoms with E-state index in [2.05, 4.69) is 0 Å². The van der Waals surface area contributed by atoms with Crippen LogP contribution < -0.4 is 0 Å². The highest BCUT2D eigenvalue weighted by molar-refractivity contribution is 5.20.